The summed E-state index contributed by atoms with van der Waals surface area (Å²) < 4.78 is 25.3. The highest BCUT2D eigenvalue weighted by atomic mass is 35.5. The predicted octanol–water partition coefficient (Wildman–Crippen LogP) is 4.49. The molecule has 10 heteroatoms. The first-order valence-corrected chi connectivity index (χ1v) is 11.9. The van der Waals surface area contributed by atoms with Crippen LogP contribution in [0, 0.1) is 0 Å². The molecule has 1 saturated heterocycles. The molecule has 0 atom stereocenters. The fourth-order valence-electron chi connectivity index (χ4n) is 4.24. The number of piperazine rings is 1. The van der Waals surface area contributed by atoms with Gasteiger partial charge in [-0.2, -0.15) is 0 Å². The lowest BCUT2D eigenvalue weighted by Gasteiger charge is -2.34. The third-order valence-corrected chi connectivity index (χ3v) is 6.41. The Morgan fingerprint density at radius 2 is 1.83 bits per heavy atom. The number of aryl methyl sites for hydroxylation is 1. The Bertz CT molecular complexity index is 1180. The van der Waals surface area contributed by atoms with Crippen molar-refractivity contribution in [3.63, 3.8) is 0 Å². The van der Waals surface area contributed by atoms with Gasteiger partial charge in [-0.15, -0.1) is 0 Å². The van der Waals surface area contributed by atoms with Gasteiger partial charge in [-0.25, -0.2) is 23.7 Å². The molecule has 184 valence electrons. The maximum Gasteiger partial charge on any atom is 0.255 e. The van der Waals surface area contributed by atoms with Crippen molar-refractivity contribution in [3.8, 4) is 22.4 Å². The van der Waals surface area contributed by atoms with Gasteiger partial charge in [0.2, 0.25) is 0 Å². The molecule has 3 aromatic rings. The van der Waals surface area contributed by atoms with E-state index in [0.29, 0.717) is 48.9 Å². The third kappa shape index (κ3) is 5.57. The molecule has 1 aliphatic heterocycles. The number of aromatic nitrogens is 3. The fraction of sp³-hybridized carbons (Fsp3) is 0.360. The summed E-state index contributed by atoms with van der Waals surface area (Å²) in [5, 5.41) is 3.32. The van der Waals surface area contributed by atoms with Crippen LogP contribution in [-0.2, 0) is 6.42 Å². The van der Waals surface area contributed by atoms with Gasteiger partial charge in [0.25, 0.3) is 12.3 Å². The van der Waals surface area contributed by atoms with Gasteiger partial charge in [-0.3, -0.25) is 9.69 Å². The number of amides is 1. The number of rotatable bonds is 7. The molecule has 0 spiro atoms. The van der Waals surface area contributed by atoms with E-state index in [0.717, 1.165) is 28.2 Å². The number of pyridine rings is 1. The summed E-state index contributed by atoms with van der Waals surface area (Å²) in [6, 6.07) is 9.12. The van der Waals surface area contributed by atoms with Gasteiger partial charge >= 0.3 is 0 Å². The highest BCUT2D eigenvalue weighted by molar-refractivity contribution is 6.34. The quantitative estimate of drug-likeness (QED) is 0.515. The largest absolute Gasteiger partial charge is 0.373 e. The van der Waals surface area contributed by atoms with E-state index in [1.165, 1.54) is 6.33 Å². The van der Waals surface area contributed by atoms with Crippen LogP contribution in [0.4, 0.5) is 14.6 Å². The number of hydrogen-bond donors (Lipinski definition) is 1. The molecule has 1 N–H and O–H groups in total. The molecule has 1 aliphatic rings. The normalized spacial score (nSPS) is 14.4. The number of nitrogens with one attached hydrogen (secondary N) is 1. The minimum atomic E-state index is -2.38. The number of alkyl halides is 2. The Labute approximate surface area is 208 Å². The highest BCUT2D eigenvalue weighted by Crippen LogP contribution is 2.35. The third-order valence-electron chi connectivity index (χ3n) is 6.10. The Morgan fingerprint density at radius 1 is 1.09 bits per heavy atom. The Balaban J connectivity index is 1.61. The lowest BCUT2D eigenvalue weighted by atomic mass is 9.97. The van der Waals surface area contributed by atoms with Crippen molar-refractivity contribution in [3.05, 3.63) is 59.1 Å². The first-order valence-electron chi connectivity index (χ1n) is 11.5. The fourth-order valence-corrected chi connectivity index (χ4v) is 4.50. The minimum Gasteiger partial charge on any atom is -0.373 e. The van der Waals surface area contributed by atoms with Gasteiger partial charge in [-0.05, 0) is 30.7 Å². The first kappa shape index (κ1) is 24.9. The van der Waals surface area contributed by atoms with E-state index in [4.69, 9.17) is 11.6 Å². The molecule has 0 aliphatic carbocycles. The van der Waals surface area contributed by atoms with Crippen molar-refractivity contribution in [2.24, 2.45) is 0 Å². The number of nitrogens with zero attached hydrogens (tertiary/aromatic N) is 5. The van der Waals surface area contributed by atoms with Crippen LogP contribution in [0.25, 0.3) is 22.4 Å². The molecule has 1 aromatic carbocycles. The molecule has 35 heavy (non-hydrogen) atoms. The van der Waals surface area contributed by atoms with Crippen LogP contribution in [0.2, 0.25) is 5.02 Å². The van der Waals surface area contributed by atoms with Crippen LogP contribution in [0.15, 0.2) is 42.9 Å². The van der Waals surface area contributed by atoms with E-state index in [1.54, 1.807) is 28.1 Å². The van der Waals surface area contributed by atoms with Crippen LogP contribution in [-0.4, -0.2) is 76.9 Å². The average molecular weight is 501 g/mol. The van der Waals surface area contributed by atoms with Gasteiger partial charge in [0.05, 0.1) is 28.5 Å². The molecule has 0 unspecified atom stereocenters. The molecule has 4 rings (SSSR count). The van der Waals surface area contributed by atoms with Crippen LogP contribution in [0.1, 0.15) is 23.0 Å². The second kappa shape index (κ2) is 11.0. The smallest absolute Gasteiger partial charge is 0.255 e. The molecule has 7 nitrogen and oxygen atoms in total. The van der Waals surface area contributed by atoms with E-state index < -0.39 is 6.43 Å². The Kier molecular flexibility index (Phi) is 7.87. The number of halogens is 3. The standard InChI is InChI=1S/C25H27ClF2N6O/c1-3-20-23(17-5-7-22(29-2)30-13-17)24(32-15-31-20)16-4-6-18(19(26)12-16)25(35)34-10-8-33(9-11-34)14-21(27)28/h4-7,12-13,15,21H,3,8-11,14H2,1-2H3,(H,29,30). The molecule has 3 heterocycles. The molecule has 0 bridgehead atoms. The van der Waals surface area contributed by atoms with Crippen LogP contribution in [0.5, 0.6) is 0 Å². The van der Waals surface area contributed by atoms with Gasteiger partial charge in [0, 0.05) is 56.1 Å². The molecular formula is C25H27ClF2N6O. The number of carbonyl (C=O) groups is 1. The van der Waals surface area contributed by atoms with Crippen molar-refractivity contribution >= 4 is 23.3 Å². The molecule has 2 aromatic heterocycles. The molecular weight excluding hydrogens is 474 g/mol. The monoisotopic (exact) mass is 500 g/mol. The number of benzene rings is 1. The average Bonchev–Trinajstić information content (AvgIpc) is 2.88. The number of hydrogen-bond acceptors (Lipinski definition) is 6. The van der Waals surface area contributed by atoms with E-state index in [2.05, 4.69) is 20.3 Å². The summed E-state index contributed by atoms with van der Waals surface area (Å²) >= 11 is 6.58. The van der Waals surface area contributed by atoms with Gasteiger partial charge in [0.15, 0.2) is 0 Å². The zero-order valence-electron chi connectivity index (χ0n) is 19.6. The van der Waals surface area contributed by atoms with Gasteiger partial charge < -0.3 is 10.2 Å². The van der Waals surface area contributed by atoms with Crippen LogP contribution in [0.3, 0.4) is 0 Å². The molecule has 1 amide bonds. The lowest BCUT2D eigenvalue weighted by Crippen LogP contribution is -2.49. The molecule has 1 fully saturated rings. The summed E-state index contributed by atoms with van der Waals surface area (Å²) in [4.78, 5) is 29.8. The Morgan fingerprint density at radius 3 is 2.43 bits per heavy atom. The van der Waals surface area contributed by atoms with Crippen LogP contribution >= 0.6 is 11.6 Å². The zero-order chi connectivity index (χ0) is 24.9. The van der Waals surface area contributed by atoms with Crippen LogP contribution < -0.4 is 5.32 Å². The van der Waals surface area contributed by atoms with Crippen molar-refractivity contribution in [2.75, 3.05) is 45.1 Å². The highest BCUT2D eigenvalue weighted by Gasteiger charge is 2.25. The first-order chi connectivity index (χ1) is 16.9. The van der Waals surface area contributed by atoms with E-state index >= 15 is 0 Å². The number of anilines is 1. The molecule has 0 radical (unpaired) electrons. The summed E-state index contributed by atoms with van der Waals surface area (Å²) in [5.41, 5.74) is 4.48. The van der Waals surface area contributed by atoms with Crippen molar-refractivity contribution < 1.29 is 13.6 Å². The van der Waals surface area contributed by atoms with E-state index in [-0.39, 0.29) is 12.5 Å². The van der Waals surface area contributed by atoms with E-state index in [9.17, 15) is 13.6 Å². The summed E-state index contributed by atoms with van der Waals surface area (Å²) in [7, 11) is 1.81. The minimum absolute atomic E-state index is 0.206. The van der Waals surface area contributed by atoms with Gasteiger partial charge in [-0.1, -0.05) is 24.6 Å². The maximum absolute atomic E-state index is 13.1. The topological polar surface area (TPSA) is 74.2 Å². The second-order valence-electron chi connectivity index (χ2n) is 8.26. The Hall–Kier alpha value is -3.17. The van der Waals surface area contributed by atoms with Crippen molar-refractivity contribution in [2.45, 2.75) is 19.8 Å². The summed E-state index contributed by atoms with van der Waals surface area (Å²) in [6.45, 7) is 3.35. The second-order valence-corrected chi connectivity index (χ2v) is 8.67. The summed E-state index contributed by atoms with van der Waals surface area (Å²) in [5.74, 6) is 0.549. The van der Waals surface area contributed by atoms with E-state index in [1.807, 2.05) is 32.2 Å². The lowest BCUT2D eigenvalue weighted by molar-refractivity contribution is 0.0459. The maximum atomic E-state index is 13.1. The molecule has 0 saturated carbocycles. The predicted molar refractivity (Wildman–Crippen MR) is 133 cm³/mol. The zero-order valence-corrected chi connectivity index (χ0v) is 20.4. The van der Waals surface area contributed by atoms with Crippen molar-refractivity contribution in [1.29, 1.82) is 0 Å². The SMILES string of the molecule is CCc1ncnc(-c2ccc(C(=O)N3CCN(CC(F)F)CC3)c(Cl)c2)c1-c1ccc(NC)nc1. The van der Waals surface area contributed by atoms with Crippen molar-refractivity contribution in [1.82, 2.24) is 24.8 Å². The van der Waals surface area contributed by atoms with Gasteiger partial charge in [0.1, 0.15) is 12.1 Å². The summed E-state index contributed by atoms with van der Waals surface area (Å²) in [6.07, 6.45) is 1.64. The number of carbonyl (C=O) groups excluding carboxylic acids is 1.